The summed E-state index contributed by atoms with van der Waals surface area (Å²) in [6, 6.07) is 2.34. The molecule has 0 spiro atoms. The lowest BCUT2D eigenvalue weighted by Crippen LogP contribution is -2.62. The third-order valence-corrected chi connectivity index (χ3v) is 5.31. The number of nitrogens with zero attached hydrogens (tertiary/aromatic N) is 1. The predicted octanol–water partition coefficient (Wildman–Crippen LogP) is 4.70. The molecule has 1 aliphatic rings. The van der Waals surface area contributed by atoms with Crippen LogP contribution in [0, 0.1) is 0 Å². The Bertz CT molecular complexity index is 544. The molecule has 1 N–H and O–H groups in total. The second-order valence-electron chi connectivity index (χ2n) is 8.23. The predicted molar refractivity (Wildman–Crippen MR) is 104 cm³/mol. The lowest BCUT2D eigenvalue weighted by atomic mass is 9.79. The molecule has 0 radical (unpaired) electrons. The van der Waals surface area contributed by atoms with Gasteiger partial charge in [0.2, 0.25) is 5.91 Å². The maximum absolute atomic E-state index is 12.9. The fourth-order valence-electron chi connectivity index (χ4n) is 3.92. The average molecular weight is 349 g/mol. The Morgan fingerprint density at radius 3 is 2.54 bits per heavy atom. The van der Waals surface area contributed by atoms with Crippen LogP contribution in [-0.4, -0.2) is 34.5 Å². The molecule has 1 aromatic rings. The van der Waals surface area contributed by atoms with Crippen LogP contribution in [0.15, 0.2) is 22.9 Å². The zero-order valence-corrected chi connectivity index (χ0v) is 16.6. The SMILES string of the molecule is CCCCN(C(=O)/C=C/c1ccsc1)C1CC(C)(C)NC(C)(C)C1. The van der Waals surface area contributed by atoms with Gasteiger partial charge in [0.15, 0.2) is 0 Å². The number of thiophene rings is 1. The topological polar surface area (TPSA) is 32.3 Å². The highest BCUT2D eigenvalue weighted by Gasteiger charge is 2.40. The van der Waals surface area contributed by atoms with E-state index in [0.717, 1.165) is 37.8 Å². The molecular formula is C20H32N2OS. The van der Waals surface area contributed by atoms with Crippen LogP contribution in [0.2, 0.25) is 0 Å². The summed E-state index contributed by atoms with van der Waals surface area (Å²) in [7, 11) is 0. The lowest BCUT2D eigenvalue weighted by Gasteiger charge is -2.49. The van der Waals surface area contributed by atoms with Gasteiger partial charge >= 0.3 is 0 Å². The van der Waals surface area contributed by atoms with Crippen LogP contribution < -0.4 is 5.32 Å². The molecule has 0 atom stereocenters. The molecule has 1 amide bonds. The highest BCUT2D eigenvalue weighted by Crippen LogP contribution is 2.32. The van der Waals surface area contributed by atoms with Gasteiger partial charge in [-0.1, -0.05) is 13.3 Å². The molecule has 1 fully saturated rings. The number of nitrogens with one attached hydrogen (secondary N) is 1. The quantitative estimate of drug-likeness (QED) is 0.756. The minimum absolute atomic E-state index is 0.0498. The molecule has 0 bridgehead atoms. The lowest BCUT2D eigenvalue weighted by molar-refractivity contribution is -0.130. The van der Waals surface area contributed by atoms with Gasteiger partial charge in [-0.05, 0) is 75.4 Å². The monoisotopic (exact) mass is 348 g/mol. The van der Waals surface area contributed by atoms with Crippen LogP contribution in [0.25, 0.3) is 6.08 Å². The highest BCUT2D eigenvalue weighted by molar-refractivity contribution is 7.08. The molecule has 2 rings (SSSR count). The van der Waals surface area contributed by atoms with Crippen LogP contribution >= 0.6 is 11.3 Å². The Morgan fingerprint density at radius 1 is 1.33 bits per heavy atom. The van der Waals surface area contributed by atoms with Crippen LogP contribution in [0.4, 0.5) is 0 Å². The molecule has 0 saturated carbocycles. The summed E-state index contributed by atoms with van der Waals surface area (Å²) < 4.78 is 0. The van der Waals surface area contributed by atoms with E-state index in [1.165, 1.54) is 0 Å². The van der Waals surface area contributed by atoms with E-state index >= 15 is 0 Å². The summed E-state index contributed by atoms with van der Waals surface area (Å²) in [6.07, 6.45) is 7.85. The molecule has 2 heterocycles. The summed E-state index contributed by atoms with van der Waals surface area (Å²) in [5, 5.41) is 7.82. The van der Waals surface area contributed by atoms with Crippen molar-refractivity contribution in [1.82, 2.24) is 10.2 Å². The number of piperidine rings is 1. The Labute approximate surface area is 151 Å². The van der Waals surface area contributed by atoms with E-state index in [4.69, 9.17) is 0 Å². The van der Waals surface area contributed by atoms with E-state index in [-0.39, 0.29) is 17.0 Å². The van der Waals surface area contributed by atoms with Crippen LogP contribution in [0.3, 0.4) is 0 Å². The highest BCUT2D eigenvalue weighted by atomic mass is 32.1. The zero-order chi connectivity index (χ0) is 17.8. The fraction of sp³-hybridized carbons (Fsp3) is 0.650. The van der Waals surface area contributed by atoms with Crippen molar-refractivity contribution in [2.24, 2.45) is 0 Å². The van der Waals surface area contributed by atoms with Crippen LogP contribution in [0.5, 0.6) is 0 Å². The minimum Gasteiger partial charge on any atom is -0.336 e. The molecule has 1 aromatic heterocycles. The van der Waals surface area contributed by atoms with Gasteiger partial charge in [-0.3, -0.25) is 4.79 Å². The Balaban J connectivity index is 2.15. The number of amides is 1. The van der Waals surface area contributed by atoms with E-state index in [1.807, 2.05) is 17.5 Å². The first-order valence-electron chi connectivity index (χ1n) is 9.03. The number of unbranched alkanes of at least 4 members (excludes halogenated alkanes) is 1. The van der Waals surface area contributed by atoms with Gasteiger partial charge < -0.3 is 10.2 Å². The molecule has 0 unspecified atom stereocenters. The van der Waals surface area contributed by atoms with Gasteiger partial charge in [-0.15, -0.1) is 0 Å². The molecule has 0 aliphatic carbocycles. The maximum Gasteiger partial charge on any atom is 0.246 e. The zero-order valence-electron chi connectivity index (χ0n) is 15.8. The van der Waals surface area contributed by atoms with Gasteiger partial charge in [-0.25, -0.2) is 0 Å². The minimum atomic E-state index is 0.0498. The summed E-state index contributed by atoms with van der Waals surface area (Å²) in [4.78, 5) is 15.0. The number of rotatable bonds is 6. The number of hydrogen-bond acceptors (Lipinski definition) is 3. The van der Waals surface area contributed by atoms with Gasteiger partial charge in [0.25, 0.3) is 0 Å². The van der Waals surface area contributed by atoms with E-state index < -0.39 is 0 Å². The second kappa shape index (κ2) is 7.83. The molecule has 134 valence electrons. The van der Waals surface area contributed by atoms with Crippen molar-refractivity contribution >= 4 is 23.3 Å². The molecule has 1 saturated heterocycles. The molecule has 3 nitrogen and oxygen atoms in total. The summed E-state index contributed by atoms with van der Waals surface area (Å²) >= 11 is 1.66. The van der Waals surface area contributed by atoms with E-state index in [9.17, 15) is 4.79 Å². The van der Waals surface area contributed by atoms with Gasteiger partial charge in [0.05, 0.1) is 0 Å². The molecule has 1 aliphatic heterocycles. The van der Waals surface area contributed by atoms with Crippen molar-refractivity contribution < 1.29 is 4.79 Å². The van der Waals surface area contributed by atoms with Gasteiger partial charge in [0, 0.05) is 29.7 Å². The van der Waals surface area contributed by atoms with Crippen molar-refractivity contribution in [3.05, 3.63) is 28.5 Å². The van der Waals surface area contributed by atoms with Crippen molar-refractivity contribution in [2.75, 3.05) is 6.54 Å². The van der Waals surface area contributed by atoms with Crippen molar-refractivity contribution in [3.63, 3.8) is 0 Å². The van der Waals surface area contributed by atoms with Gasteiger partial charge in [-0.2, -0.15) is 11.3 Å². The van der Waals surface area contributed by atoms with Gasteiger partial charge in [0.1, 0.15) is 0 Å². The Morgan fingerprint density at radius 2 is 2.00 bits per heavy atom. The first-order valence-corrected chi connectivity index (χ1v) is 9.97. The number of carbonyl (C=O) groups is 1. The standard InChI is InChI=1S/C20H32N2OS/c1-6-7-11-22(18(23)9-8-16-10-12-24-15-16)17-13-19(2,3)21-20(4,5)14-17/h8-10,12,15,17,21H,6-7,11,13-14H2,1-5H3/b9-8+. The van der Waals surface area contributed by atoms with E-state index in [2.05, 4.69) is 50.2 Å². The molecule has 24 heavy (non-hydrogen) atoms. The van der Waals surface area contributed by atoms with E-state index in [0.29, 0.717) is 6.04 Å². The number of carbonyl (C=O) groups excluding carboxylic acids is 1. The third-order valence-electron chi connectivity index (χ3n) is 4.61. The Hall–Kier alpha value is -1.13. The molecular weight excluding hydrogens is 316 g/mol. The third kappa shape index (κ3) is 5.45. The number of hydrogen-bond donors (Lipinski definition) is 1. The average Bonchev–Trinajstić information content (AvgIpc) is 2.95. The molecule has 0 aromatic carbocycles. The summed E-state index contributed by atoms with van der Waals surface area (Å²) in [5.41, 5.74) is 1.21. The van der Waals surface area contributed by atoms with Crippen molar-refractivity contribution in [3.8, 4) is 0 Å². The van der Waals surface area contributed by atoms with Crippen LogP contribution in [-0.2, 0) is 4.79 Å². The second-order valence-corrected chi connectivity index (χ2v) is 9.01. The first kappa shape index (κ1) is 19.2. The maximum atomic E-state index is 12.9. The van der Waals surface area contributed by atoms with E-state index in [1.54, 1.807) is 17.4 Å². The smallest absolute Gasteiger partial charge is 0.246 e. The normalized spacial score (nSPS) is 20.4. The summed E-state index contributed by atoms with van der Waals surface area (Å²) in [6.45, 7) is 12.0. The van der Waals surface area contributed by atoms with Crippen molar-refractivity contribution in [2.45, 2.75) is 77.4 Å². The summed E-state index contributed by atoms with van der Waals surface area (Å²) in [5.74, 6) is 0.146. The molecule has 4 heteroatoms. The first-order chi connectivity index (χ1) is 11.2. The van der Waals surface area contributed by atoms with Crippen molar-refractivity contribution in [1.29, 1.82) is 0 Å². The Kier molecular flexibility index (Phi) is 6.27. The fourth-order valence-corrected chi connectivity index (χ4v) is 4.55. The van der Waals surface area contributed by atoms with Crippen LogP contribution in [0.1, 0.15) is 65.9 Å². The largest absolute Gasteiger partial charge is 0.336 e.